The van der Waals surface area contributed by atoms with E-state index in [9.17, 15) is 5.11 Å². The van der Waals surface area contributed by atoms with Crippen LogP contribution in [0.4, 0.5) is 11.4 Å². The van der Waals surface area contributed by atoms with Crippen LogP contribution in [-0.2, 0) is 6.54 Å². The highest BCUT2D eigenvalue weighted by atomic mass is 32.1. The predicted molar refractivity (Wildman–Crippen MR) is 124 cm³/mol. The van der Waals surface area contributed by atoms with Gasteiger partial charge >= 0.3 is 0 Å². The summed E-state index contributed by atoms with van der Waals surface area (Å²) in [6.45, 7) is 0.544. The Kier molecular flexibility index (Phi) is 4.87. The summed E-state index contributed by atoms with van der Waals surface area (Å²) in [5, 5.41) is 11.1. The fourth-order valence-electron chi connectivity index (χ4n) is 3.42. The Bertz CT molecular complexity index is 1320. The number of thiazole rings is 1. The molecule has 4 aromatic rings. The lowest BCUT2D eigenvalue weighted by molar-refractivity contribution is 0.419. The lowest BCUT2D eigenvalue weighted by atomic mass is 10.1. The Labute approximate surface area is 178 Å². The van der Waals surface area contributed by atoms with E-state index < -0.39 is 0 Å². The van der Waals surface area contributed by atoms with Crippen LogP contribution in [0, 0.1) is 0 Å². The molecule has 3 aromatic carbocycles. The van der Waals surface area contributed by atoms with Crippen molar-refractivity contribution in [3.05, 3.63) is 106 Å². The van der Waals surface area contributed by atoms with Gasteiger partial charge < -0.3 is 5.11 Å². The molecule has 1 N–H and O–H groups in total. The van der Waals surface area contributed by atoms with E-state index in [-0.39, 0.29) is 5.88 Å². The van der Waals surface area contributed by atoms with Crippen LogP contribution in [0.25, 0.3) is 11.6 Å². The predicted octanol–water partition coefficient (Wildman–Crippen LogP) is 5.79. The van der Waals surface area contributed by atoms with Crippen LogP contribution in [0.15, 0.2) is 94.9 Å². The highest BCUT2D eigenvalue weighted by molar-refractivity contribution is 7.10. The number of hydrogen-bond acceptors (Lipinski definition) is 4. The first kappa shape index (κ1) is 18.3. The van der Waals surface area contributed by atoms with Crippen molar-refractivity contribution in [1.82, 2.24) is 4.57 Å². The van der Waals surface area contributed by atoms with E-state index in [2.05, 4.69) is 17.1 Å². The zero-order chi connectivity index (χ0) is 20.3. The molecule has 0 atom stereocenters. The van der Waals surface area contributed by atoms with Gasteiger partial charge in [-0.1, -0.05) is 78.1 Å². The van der Waals surface area contributed by atoms with Gasteiger partial charge in [0.15, 0.2) is 4.80 Å². The maximum atomic E-state index is 11.1. The van der Waals surface area contributed by atoms with E-state index in [1.165, 1.54) is 11.3 Å². The summed E-state index contributed by atoms with van der Waals surface area (Å²) in [5.74, 6) is 0.212. The van der Waals surface area contributed by atoms with Crippen LogP contribution in [0.2, 0.25) is 0 Å². The third-order valence-electron chi connectivity index (χ3n) is 4.92. The smallest absolute Gasteiger partial charge is 0.211 e. The lowest BCUT2D eigenvalue weighted by Gasteiger charge is -2.05. The van der Waals surface area contributed by atoms with Gasteiger partial charge in [-0.2, -0.15) is 0 Å². The molecular formula is C25H19N3OS. The molecule has 146 valence electrons. The van der Waals surface area contributed by atoms with Crippen molar-refractivity contribution in [3.8, 4) is 5.88 Å². The van der Waals surface area contributed by atoms with Crippen LogP contribution >= 0.6 is 11.3 Å². The first-order chi connectivity index (χ1) is 14.8. The molecule has 4 nitrogen and oxygen atoms in total. The van der Waals surface area contributed by atoms with Crippen LogP contribution in [0.3, 0.4) is 0 Å². The third kappa shape index (κ3) is 3.63. The van der Waals surface area contributed by atoms with E-state index in [1.807, 2.05) is 89.7 Å². The molecule has 30 heavy (non-hydrogen) atoms. The summed E-state index contributed by atoms with van der Waals surface area (Å²) in [4.78, 5) is 10.8. The van der Waals surface area contributed by atoms with Crippen molar-refractivity contribution in [3.63, 3.8) is 0 Å². The normalized spacial score (nSPS) is 14.4. The zero-order valence-electron chi connectivity index (χ0n) is 16.1. The minimum atomic E-state index is 0.212. The highest BCUT2D eigenvalue weighted by Crippen LogP contribution is 2.34. The standard InChI is InChI=1S/C25H19N3OS/c29-24-23(15-19-16-26-22-14-8-7-13-21(19)22)30-25(27-20-11-5-2-6-12-20)28(24)17-18-9-3-1-4-10-18/h1-16,29H,17H2. The van der Waals surface area contributed by atoms with Gasteiger partial charge in [-0.3, -0.25) is 9.56 Å². The molecule has 0 saturated carbocycles. The van der Waals surface area contributed by atoms with Gasteiger partial charge in [0.2, 0.25) is 5.88 Å². The summed E-state index contributed by atoms with van der Waals surface area (Å²) in [7, 11) is 0. The summed E-state index contributed by atoms with van der Waals surface area (Å²) in [6, 6.07) is 27.9. The summed E-state index contributed by atoms with van der Waals surface area (Å²) >= 11 is 1.47. The number of aromatic nitrogens is 1. The Morgan fingerprint density at radius 1 is 0.900 bits per heavy atom. The van der Waals surface area contributed by atoms with Crippen LogP contribution < -0.4 is 4.80 Å². The minimum Gasteiger partial charge on any atom is -0.493 e. The van der Waals surface area contributed by atoms with Crippen molar-refractivity contribution in [2.45, 2.75) is 6.54 Å². The number of allylic oxidation sites excluding steroid dienone is 1. The second kappa shape index (κ2) is 7.97. The van der Waals surface area contributed by atoms with Crippen molar-refractivity contribution in [1.29, 1.82) is 0 Å². The molecule has 0 fully saturated rings. The SMILES string of the molecule is Oc1c(C=C2C=Nc3ccccc32)sc(=Nc2ccccc2)n1Cc1ccccc1. The average molecular weight is 410 g/mol. The fourth-order valence-corrected chi connectivity index (χ4v) is 4.41. The first-order valence-electron chi connectivity index (χ1n) is 9.69. The molecule has 5 heteroatoms. The Morgan fingerprint density at radius 2 is 1.60 bits per heavy atom. The maximum Gasteiger partial charge on any atom is 0.211 e. The molecule has 1 aliphatic heterocycles. The van der Waals surface area contributed by atoms with E-state index in [1.54, 1.807) is 0 Å². The molecule has 1 aromatic heterocycles. The monoisotopic (exact) mass is 409 g/mol. The molecule has 5 rings (SSSR count). The molecule has 0 unspecified atom stereocenters. The zero-order valence-corrected chi connectivity index (χ0v) is 17.0. The van der Waals surface area contributed by atoms with Gasteiger partial charge in [-0.15, -0.1) is 0 Å². The summed E-state index contributed by atoms with van der Waals surface area (Å²) in [5.41, 5.74) is 4.97. The Morgan fingerprint density at radius 3 is 2.40 bits per heavy atom. The molecular weight excluding hydrogens is 390 g/mol. The van der Waals surface area contributed by atoms with Gasteiger partial charge in [-0.25, -0.2) is 4.99 Å². The number of para-hydroxylation sites is 2. The number of fused-ring (bicyclic) bond motifs is 1. The van der Waals surface area contributed by atoms with Crippen molar-refractivity contribution in [2.24, 2.45) is 9.98 Å². The van der Waals surface area contributed by atoms with E-state index in [4.69, 9.17) is 4.99 Å². The van der Waals surface area contributed by atoms with Gasteiger partial charge in [0, 0.05) is 17.4 Å². The van der Waals surface area contributed by atoms with Crippen molar-refractivity contribution in [2.75, 3.05) is 0 Å². The first-order valence-corrected chi connectivity index (χ1v) is 10.5. The second-order valence-electron chi connectivity index (χ2n) is 6.97. The van der Waals surface area contributed by atoms with Crippen molar-refractivity contribution >= 4 is 40.6 Å². The van der Waals surface area contributed by atoms with E-state index >= 15 is 0 Å². The van der Waals surface area contributed by atoms with Gasteiger partial charge in [0.05, 0.1) is 22.8 Å². The minimum absolute atomic E-state index is 0.212. The highest BCUT2D eigenvalue weighted by Gasteiger charge is 2.16. The second-order valence-corrected chi connectivity index (χ2v) is 7.98. The van der Waals surface area contributed by atoms with Gasteiger partial charge in [0.1, 0.15) is 0 Å². The maximum absolute atomic E-state index is 11.1. The molecule has 0 radical (unpaired) electrons. The quantitative estimate of drug-likeness (QED) is 0.455. The molecule has 0 saturated heterocycles. The van der Waals surface area contributed by atoms with E-state index in [0.717, 1.165) is 37.8 Å². The number of hydrogen-bond donors (Lipinski definition) is 1. The number of aromatic hydroxyl groups is 1. The van der Waals surface area contributed by atoms with Gasteiger partial charge in [0.25, 0.3) is 0 Å². The molecule has 2 heterocycles. The van der Waals surface area contributed by atoms with Gasteiger partial charge in [-0.05, 0) is 29.8 Å². The molecule has 0 spiro atoms. The summed E-state index contributed by atoms with van der Waals surface area (Å²) < 4.78 is 1.86. The largest absolute Gasteiger partial charge is 0.493 e. The third-order valence-corrected chi connectivity index (χ3v) is 5.93. The number of benzene rings is 3. The average Bonchev–Trinajstić information content (AvgIpc) is 3.32. The van der Waals surface area contributed by atoms with Crippen LogP contribution in [-0.4, -0.2) is 15.9 Å². The molecule has 0 amide bonds. The van der Waals surface area contributed by atoms with Crippen LogP contribution in [0.5, 0.6) is 5.88 Å². The number of aliphatic imine (C=N–C) groups is 1. The lowest BCUT2D eigenvalue weighted by Crippen LogP contribution is -2.14. The fraction of sp³-hybridized carbons (Fsp3) is 0.0400. The van der Waals surface area contributed by atoms with E-state index in [0.29, 0.717) is 6.54 Å². The molecule has 1 aliphatic rings. The topological polar surface area (TPSA) is 49.9 Å². The molecule has 0 bridgehead atoms. The van der Waals surface area contributed by atoms with Crippen LogP contribution in [0.1, 0.15) is 16.0 Å². The Balaban J connectivity index is 1.63. The molecule has 0 aliphatic carbocycles. The number of nitrogens with zero attached hydrogens (tertiary/aromatic N) is 3. The number of rotatable bonds is 4. The summed E-state index contributed by atoms with van der Waals surface area (Å²) in [6.07, 6.45) is 3.83. The van der Waals surface area contributed by atoms with Crippen molar-refractivity contribution < 1.29 is 5.11 Å². The Hall–Kier alpha value is -3.70.